The maximum absolute atomic E-state index is 12.6. The third kappa shape index (κ3) is 3.96. The monoisotopic (exact) mass is 351 g/mol. The van der Waals surface area contributed by atoms with Crippen molar-refractivity contribution in [2.45, 2.75) is 31.8 Å². The first kappa shape index (κ1) is 17.4. The van der Waals surface area contributed by atoms with Crippen molar-refractivity contribution in [3.8, 4) is 0 Å². The number of thiophene rings is 1. The molecule has 6 nitrogen and oxygen atoms in total. The number of aliphatic hydroxyl groups is 1. The van der Waals surface area contributed by atoms with Crippen LogP contribution in [-0.4, -0.2) is 66.1 Å². The van der Waals surface area contributed by atoms with Crippen molar-refractivity contribution in [2.75, 3.05) is 33.3 Å². The lowest BCUT2D eigenvalue weighted by molar-refractivity contribution is -0.138. The summed E-state index contributed by atoms with van der Waals surface area (Å²) >= 11 is 1.67. The van der Waals surface area contributed by atoms with Gasteiger partial charge in [-0.3, -0.25) is 14.5 Å². The number of hydrogen-bond acceptors (Lipinski definition) is 5. The Morgan fingerprint density at radius 1 is 1.54 bits per heavy atom. The van der Waals surface area contributed by atoms with E-state index in [1.54, 1.807) is 23.3 Å². The zero-order chi connectivity index (χ0) is 17.2. The molecule has 2 N–H and O–H groups in total. The summed E-state index contributed by atoms with van der Waals surface area (Å²) in [7, 11) is 1.77. The highest BCUT2D eigenvalue weighted by Gasteiger charge is 2.44. The summed E-state index contributed by atoms with van der Waals surface area (Å²) in [6.45, 7) is 2.78. The second kappa shape index (κ2) is 7.21. The Bertz CT molecular complexity index is 586. The normalized spacial score (nSPS) is 22.9. The molecule has 1 atom stereocenters. The molecule has 0 bridgehead atoms. The summed E-state index contributed by atoms with van der Waals surface area (Å²) in [6, 6.07) is 3.64. The molecule has 7 heteroatoms. The van der Waals surface area contributed by atoms with Gasteiger partial charge in [-0.1, -0.05) is 6.07 Å². The van der Waals surface area contributed by atoms with Crippen LogP contribution in [0.25, 0.3) is 0 Å². The van der Waals surface area contributed by atoms with E-state index in [0.717, 1.165) is 19.4 Å². The molecule has 0 spiro atoms. The lowest BCUT2D eigenvalue weighted by Crippen LogP contribution is -2.56. The Morgan fingerprint density at radius 3 is 2.96 bits per heavy atom. The number of carbonyl (C=O) groups is 2. The van der Waals surface area contributed by atoms with E-state index in [1.807, 2.05) is 11.4 Å². The van der Waals surface area contributed by atoms with Crippen molar-refractivity contribution in [2.24, 2.45) is 5.41 Å². The van der Waals surface area contributed by atoms with Crippen molar-refractivity contribution in [3.63, 3.8) is 0 Å². The van der Waals surface area contributed by atoms with Crippen LogP contribution >= 0.6 is 11.3 Å². The number of nitrogens with one attached hydrogen (secondary N) is 1. The largest absolute Gasteiger partial charge is 0.396 e. The van der Waals surface area contributed by atoms with Crippen molar-refractivity contribution >= 4 is 23.2 Å². The smallest absolute Gasteiger partial charge is 0.237 e. The Balaban J connectivity index is 1.61. The molecule has 2 amide bonds. The molecule has 1 saturated carbocycles. The van der Waals surface area contributed by atoms with Gasteiger partial charge in [0, 0.05) is 43.5 Å². The van der Waals surface area contributed by atoms with Crippen LogP contribution in [0.3, 0.4) is 0 Å². The lowest BCUT2D eigenvalue weighted by atomic mass is 10.1. The molecule has 1 aliphatic heterocycles. The van der Waals surface area contributed by atoms with Crippen LogP contribution in [0.4, 0.5) is 0 Å². The standard InChI is InChI=1S/C17H25N3O3S/c1-19(11-17(12-21)4-5-17)15(22)9-14-16(23)18-6-7-20(14)10-13-3-2-8-24-13/h2-3,8,14,21H,4-7,9-12H2,1H3,(H,18,23)/t14-/m1/s1. The molecular formula is C17H25N3O3S. The van der Waals surface area contributed by atoms with Crippen LogP contribution in [0.5, 0.6) is 0 Å². The number of piperazine rings is 1. The van der Waals surface area contributed by atoms with Crippen molar-refractivity contribution in [3.05, 3.63) is 22.4 Å². The lowest BCUT2D eigenvalue weighted by Gasteiger charge is -2.35. The molecule has 3 rings (SSSR count). The quantitative estimate of drug-likeness (QED) is 0.757. The second-order valence-corrected chi connectivity index (χ2v) is 8.00. The topological polar surface area (TPSA) is 72.9 Å². The highest BCUT2D eigenvalue weighted by molar-refractivity contribution is 7.09. The first-order valence-electron chi connectivity index (χ1n) is 8.42. The number of rotatable bonds is 7. The fraction of sp³-hybridized carbons (Fsp3) is 0.647. The van der Waals surface area contributed by atoms with Gasteiger partial charge in [0.1, 0.15) is 0 Å². The molecule has 2 aliphatic rings. The third-order valence-electron chi connectivity index (χ3n) is 5.04. The van der Waals surface area contributed by atoms with Crippen molar-refractivity contribution < 1.29 is 14.7 Å². The number of amides is 2. The van der Waals surface area contributed by atoms with Gasteiger partial charge in [0.25, 0.3) is 0 Å². The van der Waals surface area contributed by atoms with Crippen LogP contribution in [0.1, 0.15) is 24.1 Å². The Morgan fingerprint density at radius 2 is 2.33 bits per heavy atom. The number of aliphatic hydroxyl groups excluding tert-OH is 1. The van der Waals surface area contributed by atoms with E-state index in [0.29, 0.717) is 19.6 Å². The third-order valence-corrected chi connectivity index (χ3v) is 5.90. The first-order valence-corrected chi connectivity index (χ1v) is 9.30. The Kier molecular flexibility index (Phi) is 5.22. The van der Waals surface area contributed by atoms with E-state index in [4.69, 9.17) is 0 Å². The molecule has 2 heterocycles. The zero-order valence-electron chi connectivity index (χ0n) is 14.0. The summed E-state index contributed by atoms with van der Waals surface area (Å²) in [5, 5.41) is 14.3. The van der Waals surface area contributed by atoms with Gasteiger partial charge >= 0.3 is 0 Å². The SMILES string of the molecule is CN(CC1(CO)CC1)C(=O)C[C@@H]1C(=O)NCCN1Cc1cccs1. The molecule has 1 aromatic heterocycles. The molecule has 132 valence electrons. The molecule has 1 aromatic rings. The van der Waals surface area contributed by atoms with Gasteiger partial charge in [0.15, 0.2) is 0 Å². The number of nitrogens with zero attached hydrogens (tertiary/aromatic N) is 2. The first-order chi connectivity index (χ1) is 11.5. The van der Waals surface area contributed by atoms with E-state index in [9.17, 15) is 14.7 Å². The van der Waals surface area contributed by atoms with E-state index in [2.05, 4.69) is 16.3 Å². The predicted molar refractivity (Wildman–Crippen MR) is 92.5 cm³/mol. The molecule has 0 aromatic carbocycles. The molecule has 0 radical (unpaired) electrons. The van der Waals surface area contributed by atoms with Crippen LogP contribution in [-0.2, 0) is 16.1 Å². The van der Waals surface area contributed by atoms with Gasteiger partial charge in [-0.15, -0.1) is 11.3 Å². The molecule has 2 fully saturated rings. The second-order valence-electron chi connectivity index (χ2n) is 6.97. The summed E-state index contributed by atoms with van der Waals surface area (Å²) in [5.74, 6) is -0.101. The van der Waals surface area contributed by atoms with E-state index >= 15 is 0 Å². The molecule has 1 saturated heterocycles. The van der Waals surface area contributed by atoms with Crippen LogP contribution in [0, 0.1) is 5.41 Å². The summed E-state index contributed by atoms with van der Waals surface area (Å²) in [5.41, 5.74) is -0.101. The molecular weight excluding hydrogens is 326 g/mol. The highest BCUT2D eigenvalue weighted by Crippen LogP contribution is 2.45. The van der Waals surface area contributed by atoms with Crippen LogP contribution in [0.15, 0.2) is 17.5 Å². The minimum atomic E-state index is -0.417. The van der Waals surface area contributed by atoms with Gasteiger partial charge in [-0.2, -0.15) is 0 Å². The minimum Gasteiger partial charge on any atom is -0.396 e. The average molecular weight is 351 g/mol. The molecule has 24 heavy (non-hydrogen) atoms. The van der Waals surface area contributed by atoms with E-state index in [-0.39, 0.29) is 30.3 Å². The van der Waals surface area contributed by atoms with E-state index in [1.165, 1.54) is 4.88 Å². The van der Waals surface area contributed by atoms with Crippen LogP contribution in [0.2, 0.25) is 0 Å². The maximum Gasteiger partial charge on any atom is 0.237 e. The minimum absolute atomic E-state index is 0.0343. The summed E-state index contributed by atoms with van der Waals surface area (Å²) in [4.78, 5) is 29.8. The number of hydrogen-bond donors (Lipinski definition) is 2. The predicted octanol–water partition coefficient (Wildman–Crippen LogP) is 0.669. The number of carbonyl (C=O) groups excluding carboxylic acids is 2. The van der Waals surface area contributed by atoms with Crippen LogP contribution < -0.4 is 5.32 Å². The van der Waals surface area contributed by atoms with Gasteiger partial charge < -0.3 is 15.3 Å². The van der Waals surface area contributed by atoms with Crippen molar-refractivity contribution in [1.29, 1.82) is 0 Å². The zero-order valence-corrected chi connectivity index (χ0v) is 14.8. The Hall–Kier alpha value is -1.44. The van der Waals surface area contributed by atoms with Gasteiger partial charge in [0.2, 0.25) is 11.8 Å². The maximum atomic E-state index is 12.6. The van der Waals surface area contributed by atoms with Gasteiger partial charge in [-0.05, 0) is 24.3 Å². The fourth-order valence-electron chi connectivity index (χ4n) is 3.23. The highest BCUT2D eigenvalue weighted by atomic mass is 32.1. The van der Waals surface area contributed by atoms with E-state index < -0.39 is 6.04 Å². The fourth-order valence-corrected chi connectivity index (χ4v) is 3.96. The van der Waals surface area contributed by atoms with Gasteiger partial charge in [0.05, 0.1) is 19.1 Å². The average Bonchev–Trinajstić information content (AvgIpc) is 3.15. The Labute approximate surface area is 146 Å². The summed E-state index contributed by atoms with van der Waals surface area (Å²) in [6.07, 6.45) is 2.13. The molecule has 0 unspecified atom stereocenters. The molecule has 1 aliphatic carbocycles. The van der Waals surface area contributed by atoms with Gasteiger partial charge in [-0.25, -0.2) is 0 Å². The van der Waals surface area contributed by atoms with Crippen molar-refractivity contribution in [1.82, 2.24) is 15.1 Å². The summed E-state index contributed by atoms with van der Waals surface area (Å²) < 4.78 is 0.